The zero-order chi connectivity index (χ0) is 16.8. The van der Waals surface area contributed by atoms with Gasteiger partial charge in [-0.2, -0.15) is 5.10 Å². The molecule has 6 heteroatoms. The average molecular weight is 374 g/mol. The van der Waals surface area contributed by atoms with E-state index in [1.54, 1.807) is 6.07 Å². The second-order valence-electron chi connectivity index (χ2n) is 5.03. The number of nitrogens with one attached hydrogen (secondary N) is 2. The van der Waals surface area contributed by atoms with Gasteiger partial charge in [0.05, 0.1) is 6.21 Å². The van der Waals surface area contributed by atoms with Gasteiger partial charge in [0.15, 0.2) is 0 Å². The van der Waals surface area contributed by atoms with Crippen LogP contribution in [0.2, 0.25) is 0 Å². The molecular weight excluding hydrogens is 358 g/mol. The normalized spacial score (nSPS) is 10.6. The topological polar surface area (TPSA) is 70.6 Å². The Labute approximate surface area is 142 Å². The van der Waals surface area contributed by atoms with E-state index in [2.05, 4.69) is 31.8 Å². The zero-order valence-corrected chi connectivity index (χ0v) is 14.3. The van der Waals surface area contributed by atoms with Crippen LogP contribution in [0.5, 0.6) is 0 Å². The molecule has 2 aromatic rings. The van der Waals surface area contributed by atoms with Crippen molar-refractivity contribution in [3.63, 3.8) is 0 Å². The standard InChI is InChI=1S/C17H16BrN3O2/c1-11-6-7-15(12(2)8-11)20-16(22)17(23)21-19-10-13-4-3-5-14(18)9-13/h3-10H,1-2H3,(H,20,22)(H,21,23). The molecule has 2 N–H and O–H groups in total. The maximum absolute atomic E-state index is 11.8. The molecular formula is C17H16BrN3O2. The van der Waals surface area contributed by atoms with Crippen molar-refractivity contribution in [3.05, 3.63) is 63.6 Å². The van der Waals surface area contributed by atoms with Crippen LogP contribution in [-0.4, -0.2) is 18.0 Å². The molecule has 0 aliphatic carbocycles. The summed E-state index contributed by atoms with van der Waals surface area (Å²) in [7, 11) is 0. The van der Waals surface area contributed by atoms with Crippen LogP contribution in [0.4, 0.5) is 5.69 Å². The summed E-state index contributed by atoms with van der Waals surface area (Å²) < 4.78 is 0.903. The molecule has 5 nitrogen and oxygen atoms in total. The molecule has 0 saturated heterocycles. The quantitative estimate of drug-likeness (QED) is 0.492. The van der Waals surface area contributed by atoms with Crippen molar-refractivity contribution in [3.8, 4) is 0 Å². The number of carbonyl (C=O) groups excluding carboxylic acids is 2. The van der Waals surface area contributed by atoms with Crippen molar-refractivity contribution in [2.24, 2.45) is 5.10 Å². The fraction of sp³-hybridized carbons (Fsp3) is 0.118. The monoisotopic (exact) mass is 373 g/mol. The molecule has 0 unspecified atom stereocenters. The van der Waals surface area contributed by atoms with E-state index in [-0.39, 0.29) is 0 Å². The van der Waals surface area contributed by atoms with E-state index >= 15 is 0 Å². The number of rotatable bonds is 3. The van der Waals surface area contributed by atoms with Crippen molar-refractivity contribution in [2.45, 2.75) is 13.8 Å². The van der Waals surface area contributed by atoms with Crippen molar-refractivity contribution < 1.29 is 9.59 Å². The van der Waals surface area contributed by atoms with Gasteiger partial charge < -0.3 is 5.32 Å². The molecule has 23 heavy (non-hydrogen) atoms. The van der Waals surface area contributed by atoms with Gasteiger partial charge in [-0.05, 0) is 43.2 Å². The number of anilines is 1. The minimum atomic E-state index is -0.823. The first-order valence-corrected chi connectivity index (χ1v) is 7.72. The number of hydrogen-bond acceptors (Lipinski definition) is 3. The van der Waals surface area contributed by atoms with Crippen molar-refractivity contribution in [1.29, 1.82) is 0 Å². The maximum atomic E-state index is 11.8. The molecule has 0 aromatic heterocycles. The lowest BCUT2D eigenvalue weighted by Crippen LogP contribution is -2.32. The number of halogens is 1. The lowest BCUT2D eigenvalue weighted by Gasteiger charge is -2.08. The highest BCUT2D eigenvalue weighted by Gasteiger charge is 2.13. The minimum absolute atomic E-state index is 0.603. The first-order valence-electron chi connectivity index (χ1n) is 6.93. The van der Waals surface area contributed by atoms with E-state index in [9.17, 15) is 9.59 Å². The van der Waals surface area contributed by atoms with Gasteiger partial charge in [0.1, 0.15) is 0 Å². The van der Waals surface area contributed by atoms with Crippen molar-refractivity contribution >= 4 is 39.6 Å². The Bertz CT molecular complexity index is 772. The Kier molecular flexibility index (Phi) is 5.65. The molecule has 0 saturated carbocycles. The van der Waals surface area contributed by atoms with Gasteiger partial charge in [0.25, 0.3) is 0 Å². The van der Waals surface area contributed by atoms with Crippen LogP contribution in [0.3, 0.4) is 0 Å². The second kappa shape index (κ2) is 7.69. The fourth-order valence-electron chi connectivity index (χ4n) is 1.94. The van der Waals surface area contributed by atoms with Gasteiger partial charge in [-0.3, -0.25) is 9.59 Å². The first-order chi connectivity index (χ1) is 11.0. The van der Waals surface area contributed by atoms with E-state index in [0.717, 1.165) is 21.2 Å². The molecule has 0 aliphatic heterocycles. The number of hydrogen-bond donors (Lipinski definition) is 2. The lowest BCUT2D eigenvalue weighted by molar-refractivity contribution is -0.136. The predicted molar refractivity (Wildman–Crippen MR) is 94.4 cm³/mol. The summed E-state index contributed by atoms with van der Waals surface area (Å²) in [5.41, 5.74) is 5.59. The van der Waals surface area contributed by atoms with E-state index in [1.165, 1.54) is 6.21 Å². The summed E-state index contributed by atoms with van der Waals surface area (Å²) in [6, 6.07) is 13.0. The molecule has 118 valence electrons. The number of aryl methyl sites for hydroxylation is 2. The van der Waals surface area contributed by atoms with E-state index in [0.29, 0.717) is 5.69 Å². The van der Waals surface area contributed by atoms with Crippen LogP contribution in [0, 0.1) is 13.8 Å². The molecule has 0 aliphatic rings. The van der Waals surface area contributed by atoms with Gasteiger partial charge >= 0.3 is 11.8 Å². The van der Waals surface area contributed by atoms with Crippen LogP contribution in [0.25, 0.3) is 0 Å². The predicted octanol–water partition coefficient (Wildman–Crippen LogP) is 3.15. The van der Waals surface area contributed by atoms with Crippen LogP contribution < -0.4 is 10.7 Å². The average Bonchev–Trinajstić information content (AvgIpc) is 2.50. The zero-order valence-electron chi connectivity index (χ0n) is 12.8. The maximum Gasteiger partial charge on any atom is 0.329 e. The third kappa shape index (κ3) is 5.03. The second-order valence-corrected chi connectivity index (χ2v) is 5.94. The number of benzene rings is 2. The van der Waals surface area contributed by atoms with Gasteiger partial charge in [-0.15, -0.1) is 0 Å². The number of carbonyl (C=O) groups is 2. The summed E-state index contributed by atoms with van der Waals surface area (Å²) in [6.45, 7) is 3.83. The third-order valence-electron chi connectivity index (χ3n) is 3.06. The summed E-state index contributed by atoms with van der Waals surface area (Å²) in [6.07, 6.45) is 1.47. The smallest absolute Gasteiger partial charge is 0.317 e. The van der Waals surface area contributed by atoms with Crippen LogP contribution in [-0.2, 0) is 9.59 Å². The summed E-state index contributed by atoms with van der Waals surface area (Å²) in [5, 5.41) is 6.34. The Morgan fingerprint density at radius 3 is 2.57 bits per heavy atom. The fourth-order valence-corrected chi connectivity index (χ4v) is 2.35. The highest BCUT2D eigenvalue weighted by atomic mass is 79.9. The molecule has 0 fully saturated rings. The number of amides is 2. The van der Waals surface area contributed by atoms with Crippen molar-refractivity contribution in [1.82, 2.24) is 5.43 Å². The minimum Gasteiger partial charge on any atom is -0.317 e. The van der Waals surface area contributed by atoms with Crippen LogP contribution in [0.1, 0.15) is 16.7 Å². The number of hydrazone groups is 1. The van der Waals surface area contributed by atoms with Gasteiger partial charge in [-0.1, -0.05) is 45.8 Å². The summed E-state index contributed by atoms with van der Waals surface area (Å²) >= 11 is 3.34. The third-order valence-corrected chi connectivity index (χ3v) is 3.56. The highest BCUT2D eigenvalue weighted by molar-refractivity contribution is 9.10. The van der Waals surface area contributed by atoms with Crippen LogP contribution >= 0.6 is 15.9 Å². The molecule has 0 heterocycles. The van der Waals surface area contributed by atoms with Crippen LogP contribution in [0.15, 0.2) is 52.0 Å². The molecule has 0 atom stereocenters. The molecule has 0 bridgehead atoms. The summed E-state index contributed by atoms with van der Waals surface area (Å²) in [5.74, 6) is -1.58. The molecule has 2 aromatic carbocycles. The largest absolute Gasteiger partial charge is 0.329 e. The van der Waals surface area contributed by atoms with Gasteiger partial charge in [-0.25, -0.2) is 5.43 Å². The van der Waals surface area contributed by atoms with Gasteiger partial charge in [0.2, 0.25) is 0 Å². The SMILES string of the molecule is Cc1ccc(NC(=O)C(=O)NN=Cc2cccc(Br)c2)c(C)c1. The highest BCUT2D eigenvalue weighted by Crippen LogP contribution is 2.15. The Hall–Kier alpha value is -2.47. The Morgan fingerprint density at radius 2 is 1.87 bits per heavy atom. The van der Waals surface area contributed by atoms with Crippen molar-refractivity contribution in [2.75, 3.05) is 5.32 Å². The molecule has 2 amide bonds. The molecule has 0 radical (unpaired) electrons. The number of nitrogens with zero attached hydrogens (tertiary/aromatic N) is 1. The van der Waals surface area contributed by atoms with E-state index in [4.69, 9.17) is 0 Å². The van der Waals surface area contributed by atoms with Gasteiger partial charge in [0, 0.05) is 10.2 Å². The summed E-state index contributed by atoms with van der Waals surface area (Å²) in [4.78, 5) is 23.6. The molecule has 0 spiro atoms. The Morgan fingerprint density at radius 1 is 1.09 bits per heavy atom. The molecule has 2 rings (SSSR count). The lowest BCUT2D eigenvalue weighted by atomic mass is 10.1. The van der Waals surface area contributed by atoms with E-state index < -0.39 is 11.8 Å². The van der Waals surface area contributed by atoms with E-state index in [1.807, 2.05) is 50.2 Å². The first kappa shape index (κ1) is 16.9. The Balaban J connectivity index is 1.93.